The van der Waals surface area contributed by atoms with E-state index in [0.29, 0.717) is 24.5 Å². The van der Waals surface area contributed by atoms with Crippen LogP contribution >= 0.6 is 0 Å². The Morgan fingerprint density at radius 1 is 1.16 bits per heavy atom. The number of aliphatic hydroxyl groups is 1. The lowest BCUT2D eigenvalue weighted by atomic mass is 9.83. The van der Waals surface area contributed by atoms with E-state index in [1.807, 2.05) is 0 Å². The summed E-state index contributed by atoms with van der Waals surface area (Å²) >= 11 is 0. The molecule has 2 atom stereocenters. The number of amides is 2. The number of carbonyl (C=O) groups is 2. The number of hydrogen-bond donors (Lipinski definition) is 2. The van der Waals surface area contributed by atoms with Gasteiger partial charge in [-0.3, -0.25) is 0 Å². The van der Waals surface area contributed by atoms with Crippen LogP contribution in [0.25, 0.3) is 0 Å². The van der Waals surface area contributed by atoms with E-state index >= 15 is 0 Å². The molecule has 0 heterocycles. The minimum atomic E-state index is -1.39. The first-order chi connectivity index (χ1) is 17.8. The largest absolute Gasteiger partial charge is 0.450 e. The molecule has 1 aliphatic rings. The average molecular weight is 546 g/mol. The maximum absolute atomic E-state index is 13.2. The van der Waals surface area contributed by atoms with Crippen LogP contribution in [0.4, 0.5) is 9.59 Å². The van der Waals surface area contributed by atoms with Crippen molar-refractivity contribution in [2.45, 2.75) is 109 Å². The summed E-state index contributed by atoms with van der Waals surface area (Å²) in [6, 6.07) is 9.38. The number of carbonyl (C=O) groups excluding carboxylic acids is 2. The summed E-state index contributed by atoms with van der Waals surface area (Å²) in [5, 5.41) is 23.4. The Morgan fingerprint density at radius 3 is 2.34 bits per heavy atom. The van der Waals surface area contributed by atoms with Crippen LogP contribution in [0.2, 0.25) is 25.7 Å². The highest BCUT2D eigenvalue weighted by atomic mass is 28.3. The molecule has 0 aliphatic heterocycles. The van der Waals surface area contributed by atoms with E-state index in [0.717, 1.165) is 37.3 Å². The first-order valence-electron chi connectivity index (χ1n) is 13.8. The monoisotopic (exact) mass is 545 g/mol. The van der Waals surface area contributed by atoms with E-state index in [4.69, 9.17) is 14.7 Å². The molecule has 0 unspecified atom stereocenters. The number of aliphatic hydroxyl groups excluding tert-OH is 1. The van der Waals surface area contributed by atoms with Gasteiger partial charge in [-0.2, -0.15) is 5.26 Å². The third kappa shape index (κ3) is 12.3. The van der Waals surface area contributed by atoms with Gasteiger partial charge in [-0.1, -0.05) is 63.9 Å². The van der Waals surface area contributed by atoms with Crippen LogP contribution in [0.1, 0.15) is 70.4 Å². The maximum atomic E-state index is 13.2. The quantitative estimate of drug-likeness (QED) is 0.327. The molecule has 0 aromatic heterocycles. The highest BCUT2D eigenvalue weighted by Gasteiger charge is 2.31. The molecule has 8 nitrogen and oxygen atoms in total. The fourth-order valence-corrected chi connectivity index (χ4v) is 5.27. The van der Waals surface area contributed by atoms with E-state index in [-0.39, 0.29) is 13.1 Å². The molecule has 1 aliphatic carbocycles. The van der Waals surface area contributed by atoms with Gasteiger partial charge in [0.1, 0.15) is 5.60 Å². The Bertz CT molecular complexity index is 928. The fraction of sp³-hybridized carbons (Fsp3) is 0.690. The summed E-state index contributed by atoms with van der Waals surface area (Å²) in [4.78, 5) is 27.3. The summed E-state index contributed by atoms with van der Waals surface area (Å²) in [6.07, 6.45) is 4.17. The molecule has 212 valence electrons. The lowest BCUT2D eigenvalue weighted by molar-refractivity contribution is 0.0294. The molecule has 2 amide bonds. The highest BCUT2D eigenvalue weighted by Crippen LogP contribution is 2.28. The number of rotatable bonds is 11. The summed E-state index contributed by atoms with van der Waals surface area (Å²) < 4.78 is 11.1. The topological polar surface area (TPSA) is 112 Å². The molecule has 38 heavy (non-hydrogen) atoms. The number of nitrogens with one attached hydrogen (secondary N) is 1. The number of nitriles is 1. The SMILES string of the molecule is CC(C)(C)OC(=O)N[C@@H](CC1CCCCC1)[C@H](O)CN(Cc1ccc(C#N)cc1)C(=O)OCC[Si](C)(C)C. The van der Waals surface area contributed by atoms with Crippen molar-refractivity contribution in [1.82, 2.24) is 10.2 Å². The summed E-state index contributed by atoms with van der Waals surface area (Å²) in [5.41, 5.74) is 0.695. The standard InChI is InChI=1S/C29H47N3O5Si/c1-29(2,3)37-27(34)31-25(18-22-10-8-7-9-11-22)26(33)21-32(28(35)36-16-17-38(4,5)6)20-24-14-12-23(19-30)13-15-24/h12-15,22,25-26,33H,7-11,16-18,20-21H2,1-6H3,(H,31,34)/t25-,26+/m0/s1. The number of ether oxygens (including phenoxy) is 2. The van der Waals surface area contributed by atoms with Gasteiger partial charge in [0, 0.05) is 14.6 Å². The molecule has 1 aromatic rings. The number of hydrogen-bond acceptors (Lipinski definition) is 6. The van der Waals surface area contributed by atoms with Crippen LogP contribution in [0.15, 0.2) is 24.3 Å². The van der Waals surface area contributed by atoms with Crippen molar-refractivity contribution >= 4 is 20.3 Å². The smallest absolute Gasteiger partial charge is 0.410 e. The van der Waals surface area contributed by atoms with Crippen molar-refractivity contribution in [3.05, 3.63) is 35.4 Å². The van der Waals surface area contributed by atoms with E-state index in [1.54, 1.807) is 45.0 Å². The molecule has 0 saturated heterocycles. The maximum Gasteiger partial charge on any atom is 0.410 e. The van der Waals surface area contributed by atoms with Gasteiger partial charge in [0.15, 0.2) is 0 Å². The predicted octanol–water partition coefficient (Wildman–Crippen LogP) is 6.06. The summed E-state index contributed by atoms with van der Waals surface area (Å²) in [7, 11) is -1.39. The molecule has 2 rings (SSSR count). The number of alkyl carbamates (subject to hydrolysis) is 1. The van der Waals surface area contributed by atoms with Crippen molar-refractivity contribution in [2.24, 2.45) is 5.92 Å². The molecular weight excluding hydrogens is 498 g/mol. The first-order valence-corrected chi connectivity index (χ1v) is 17.5. The van der Waals surface area contributed by atoms with Gasteiger partial charge < -0.3 is 24.8 Å². The molecule has 9 heteroatoms. The van der Waals surface area contributed by atoms with Crippen molar-refractivity contribution in [3.8, 4) is 6.07 Å². The zero-order chi connectivity index (χ0) is 28.3. The van der Waals surface area contributed by atoms with Crippen LogP contribution in [0.3, 0.4) is 0 Å². The minimum Gasteiger partial charge on any atom is -0.450 e. The molecule has 2 N–H and O–H groups in total. The Labute approximate surface area is 229 Å². The first kappa shape index (κ1) is 31.6. The highest BCUT2D eigenvalue weighted by molar-refractivity contribution is 6.76. The van der Waals surface area contributed by atoms with Crippen LogP contribution in [0, 0.1) is 17.2 Å². The zero-order valence-electron chi connectivity index (χ0n) is 24.1. The fourth-order valence-electron chi connectivity index (χ4n) is 4.55. The van der Waals surface area contributed by atoms with Gasteiger partial charge in [-0.15, -0.1) is 0 Å². The van der Waals surface area contributed by atoms with Crippen molar-refractivity contribution in [2.75, 3.05) is 13.2 Å². The molecule has 1 aromatic carbocycles. The third-order valence-corrected chi connectivity index (χ3v) is 8.38. The lowest BCUT2D eigenvalue weighted by Gasteiger charge is -2.33. The average Bonchev–Trinajstić information content (AvgIpc) is 2.82. The molecule has 1 fully saturated rings. The lowest BCUT2D eigenvalue weighted by Crippen LogP contribution is -2.51. The third-order valence-electron chi connectivity index (χ3n) is 6.68. The summed E-state index contributed by atoms with van der Waals surface area (Å²) in [5.74, 6) is 0.397. The van der Waals surface area contributed by atoms with Crippen molar-refractivity contribution in [3.63, 3.8) is 0 Å². The zero-order valence-corrected chi connectivity index (χ0v) is 25.1. The normalized spacial score (nSPS) is 16.2. The second-order valence-corrected chi connectivity index (χ2v) is 18.3. The van der Waals surface area contributed by atoms with Gasteiger partial charge in [0.2, 0.25) is 0 Å². The van der Waals surface area contributed by atoms with Gasteiger partial charge in [0.05, 0.1) is 36.9 Å². The van der Waals surface area contributed by atoms with Gasteiger partial charge in [-0.25, -0.2) is 9.59 Å². The molecule has 0 bridgehead atoms. The van der Waals surface area contributed by atoms with E-state index in [2.05, 4.69) is 31.0 Å². The summed E-state index contributed by atoms with van der Waals surface area (Å²) in [6.45, 7) is 12.6. The van der Waals surface area contributed by atoms with Crippen molar-refractivity contribution in [1.29, 1.82) is 5.26 Å². The molecule has 0 radical (unpaired) electrons. The van der Waals surface area contributed by atoms with Crippen molar-refractivity contribution < 1.29 is 24.2 Å². The Morgan fingerprint density at radius 2 is 1.79 bits per heavy atom. The second kappa shape index (κ2) is 14.5. The Hall–Kier alpha value is -2.57. The number of nitrogens with zero attached hydrogens (tertiary/aromatic N) is 2. The van der Waals surface area contributed by atoms with Gasteiger partial charge in [-0.05, 0) is 56.9 Å². The van der Waals surface area contributed by atoms with Crippen LogP contribution in [0.5, 0.6) is 0 Å². The predicted molar refractivity (Wildman–Crippen MR) is 151 cm³/mol. The molecule has 0 spiro atoms. The minimum absolute atomic E-state index is 0.00103. The van der Waals surface area contributed by atoms with Gasteiger partial charge in [0.25, 0.3) is 0 Å². The molecular formula is C29H47N3O5Si. The van der Waals surface area contributed by atoms with E-state index < -0.39 is 38.0 Å². The Kier molecular flexibility index (Phi) is 12.1. The Balaban J connectivity index is 2.19. The van der Waals surface area contributed by atoms with Crippen LogP contribution < -0.4 is 5.32 Å². The van der Waals surface area contributed by atoms with Crippen LogP contribution in [-0.4, -0.2) is 61.2 Å². The molecule has 1 saturated carbocycles. The van der Waals surface area contributed by atoms with E-state index in [9.17, 15) is 14.7 Å². The van der Waals surface area contributed by atoms with Crippen LogP contribution in [-0.2, 0) is 16.0 Å². The van der Waals surface area contributed by atoms with E-state index in [1.165, 1.54) is 11.3 Å². The van der Waals surface area contributed by atoms with Gasteiger partial charge >= 0.3 is 12.2 Å². The second-order valence-electron chi connectivity index (χ2n) is 12.7. The number of benzene rings is 1.